The first-order valence-corrected chi connectivity index (χ1v) is 13.1. The third kappa shape index (κ3) is 4.54. The van der Waals surface area contributed by atoms with Crippen LogP contribution in [0.2, 0.25) is 5.02 Å². The first-order valence-electron chi connectivity index (χ1n) is 11.9. The number of benzene rings is 1. The maximum absolute atomic E-state index is 13.0. The minimum atomic E-state index is -0.219. The van der Waals surface area contributed by atoms with E-state index in [1.54, 1.807) is 19.4 Å². The predicted octanol–water partition coefficient (Wildman–Crippen LogP) is 2.55. The van der Waals surface area contributed by atoms with Crippen LogP contribution in [0, 0.1) is 5.41 Å². The molecule has 2 saturated heterocycles. The fraction of sp³-hybridized carbons (Fsp3) is 0.500. The molecule has 1 aromatic carbocycles. The minimum absolute atomic E-state index is 0.0362. The Balaban J connectivity index is 1.34. The molecule has 192 valence electrons. The van der Waals surface area contributed by atoms with Crippen LogP contribution in [0.25, 0.3) is 10.9 Å². The zero-order valence-electron chi connectivity index (χ0n) is 20.3. The maximum atomic E-state index is 13.0. The van der Waals surface area contributed by atoms with Crippen molar-refractivity contribution in [1.82, 2.24) is 19.5 Å². The average molecular weight is 532 g/mol. The quantitative estimate of drug-likeness (QED) is 0.488. The highest BCUT2D eigenvalue weighted by atomic mass is 35.5. The molecule has 0 aliphatic carbocycles. The molecule has 4 N–H and O–H groups in total. The van der Waals surface area contributed by atoms with Crippen LogP contribution in [0.3, 0.4) is 0 Å². The van der Waals surface area contributed by atoms with Crippen molar-refractivity contribution in [1.29, 1.82) is 0 Å². The smallest absolute Gasteiger partial charge is 0.262 e. The van der Waals surface area contributed by atoms with Gasteiger partial charge in [0.25, 0.3) is 5.56 Å². The molecule has 0 radical (unpaired) electrons. The lowest BCUT2D eigenvalue weighted by Gasteiger charge is -2.41. The van der Waals surface area contributed by atoms with E-state index in [0.717, 1.165) is 31.7 Å². The molecule has 0 amide bonds. The molecule has 0 bridgehead atoms. The Morgan fingerprint density at radius 3 is 2.75 bits per heavy atom. The number of rotatable bonds is 6. The van der Waals surface area contributed by atoms with Gasteiger partial charge in [-0.15, -0.1) is 0 Å². The van der Waals surface area contributed by atoms with Gasteiger partial charge in [0, 0.05) is 36.6 Å². The van der Waals surface area contributed by atoms with E-state index in [1.807, 2.05) is 13.0 Å². The van der Waals surface area contributed by atoms with Gasteiger partial charge in [-0.1, -0.05) is 23.4 Å². The molecular formula is C24H30ClN7O3S. The molecule has 3 aromatic rings. The Bertz CT molecular complexity index is 1330. The van der Waals surface area contributed by atoms with E-state index in [1.165, 1.54) is 22.7 Å². The van der Waals surface area contributed by atoms with Gasteiger partial charge in [0.05, 0.1) is 54.3 Å². The van der Waals surface area contributed by atoms with Crippen molar-refractivity contribution in [2.75, 3.05) is 44.0 Å². The van der Waals surface area contributed by atoms with E-state index in [-0.39, 0.29) is 23.1 Å². The highest BCUT2D eigenvalue weighted by Gasteiger charge is 2.47. The Kier molecular flexibility index (Phi) is 7.10. The van der Waals surface area contributed by atoms with Gasteiger partial charge in [0.15, 0.2) is 5.82 Å². The van der Waals surface area contributed by atoms with E-state index in [9.17, 15) is 4.79 Å². The molecule has 36 heavy (non-hydrogen) atoms. The van der Waals surface area contributed by atoms with Gasteiger partial charge in [0.2, 0.25) is 0 Å². The number of nitrogen functional groups attached to an aromatic ring is 1. The van der Waals surface area contributed by atoms with Crippen LogP contribution < -0.4 is 21.9 Å². The van der Waals surface area contributed by atoms with E-state index in [2.05, 4.69) is 19.9 Å². The van der Waals surface area contributed by atoms with Crippen LogP contribution in [0.15, 0.2) is 39.4 Å². The number of methoxy groups -OCH3 is 1. The van der Waals surface area contributed by atoms with Crippen LogP contribution in [0.1, 0.15) is 19.8 Å². The third-order valence-corrected chi connectivity index (χ3v) is 8.89. The van der Waals surface area contributed by atoms with Gasteiger partial charge in [-0.3, -0.25) is 9.36 Å². The highest BCUT2D eigenvalue weighted by molar-refractivity contribution is 7.99. The van der Waals surface area contributed by atoms with Gasteiger partial charge in [0.1, 0.15) is 10.8 Å². The number of hydrogen-bond donors (Lipinski definition) is 2. The normalized spacial score (nSPS) is 21.5. The molecular weight excluding hydrogens is 502 g/mol. The number of halogens is 1. The molecule has 2 aliphatic rings. The molecule has 2 aromatic heterocycles. The van der Waals surface area contributed by atoms with E-state index in [0.29, 0.717) is 51.4 Å². The second-order valence-electron chi connectivity index (χ2n) is 9.42. The largest absolute Gasteiger partial charge is 0.383 e. The van der Waals surface area contributed by atoms with Crippen molar-refractivity contribution in [3.8, 4) is 0 Å². The van der Waals surface area contributed by atoms with Crippen molar-refractivity contribution in [3.05, 3.63) is 40.0 Å². The van der Waals surface area contributed by atoms with Crippen molar-refractivity contribution >= 4 is 45.9 Å². The summed E-state index contributed by atoms with van der Waals surface area (Å²) in [6.07, 6.45) is 5.22. The lowest BCUT2D eigenvalue weighted by Crippen LogP contribution is -2.50. The second kappa shape index (κ2) is 10.1. The number of hydrogen-bond acceptors (Lipinski definition) is 10. The SMILES string of the molecule is COCCn1cnc2ccc(Sc3ncc(N4CCC5(CC4)CO[C@@H](C)[C@H]5N)nc3N)c(Cl)c2c1=O. The van der Waals surface area contributed by atoms with Crippen LogP contribution in [0.5, 0.6) is 0 Å². The zero-order chi connectivity index (χ0) is 25.4. The standard InChI is InChI=1S/C24H30ClN7O3S/c1-14-20(26)24(12-35-14)5-7-31(8-6-24)17-11-28-22(21(27)30-17)36-16-4-3-15-18(19(16)25)23(33)32(13-29-15)9-10-34-2/h3-4,11,13-14,20H,5-10,12,26H2,1-2H3,(H2,27,30)/t14-,20+/m0/s1. The molecule has 2 aliphatic heterocycles. The molecule has 0 unspecified atom stereocenters. The Morgan fingerprint density at radius 1 is 1.31 bits per heavy atom. The van der Waals surface area contributed by atoms with Gasteiger partial charge < -0.3 is 25.8 Å². The summed E-state index contributed by atoms with van der Waals surface area (Å²) < 4.78 is 12.4. The minimum Gasteiger partial charge on any atom is -0.383 e. The summed E-state index contributed by atoms with van der Waals surface area (Å²) in [5.41, 5.74) is 13.1. The van der Waals surface area contributed by atoms with Crippen molar-refractivity contribution in [3.63, 3.8) is 0 Å². The monoisotopic (exact) mass is 531 g/mol. The predicted molar refractivity (Wildman–Crippen MR) is 141 cm³/mol. The van der Waals surface area contributed by atoms with E-state index < -0.39 is 0 Å². The van der Waals surface area contributed by atoms with Crippen molar-refractivity contribution < 1.29 is 9.47 Å². The fourth-order valence-corrected chi connectivity index (χ4v) is 6.13. The molecule has 5 rings (SSSR count). The average Bonchev–Trinajstić information content (AvgIpc) is 3.15. The first-order chi connectivity index (χ1) is 17.3. The third-order valence-electron chi connectivity index (χ3n) is 7.32. The first kappa shape index (κ1) is 25.2. The fourth-order valence-electron chi connectivity index (χ4n) is 4.99. The molecule has 1 spiro atoms. The number of aromatic nitrogens is 4. The molecule has 12 heteroatoms. The van der Waals surface area contributed by atoms with Crippen LogP contribution in [-0.4, -0.2) is 65.1 Å². The number of nitrogens with zero attached hydrogens (tertiary/aromatic N) is 5. The molecule has 0 saturated carbocycles. The van der Waals surface area contributed by atoms with Gasteiger partial charge >= 0.3 is 0 Å². The second-order valence-corrected chi connectivity index (χ2v) is 10.8. The lowest BCUT2D eigenvalue weighted by atomic mass is 9.73. The summed E-state index contributed by atoms with van der Waals surface area (Å²) in [4.78, 5) is 29.4. The number of fused-ring (bicyclic) bond motifs is 1. The Morgan fingerprint density at radius 2 is 2.08 bits per heavy atom. The summed E-state index contributed by atoms with van der Waals surface area (Å²) >= 11 is 7.94. The number of piperidine rings is 1. The zero-order valence-corrected chi connectivity index (χ0v) is 21.9. The van der Waals surface area contributed by atoms with Gasteiger partial charge in [-0.05, 0) is 31.9 Å². The molecule has 10 nitrogen and oxygen atoms in total. The van der Waals surface area contributed by atoms with E-state index in [4.69, 9.17) is 32.5 Å². The highest BCUT2D eigenvalue weighted by Crippen LogP contribution is 2.42. The summed E-state index contributed by atoms with van der Waals surface area (Å²) in [7, 11) is 1.58. The van der Waals surface area contributed by atoms with Crippen LogP contribution in [0.4, 0.5) is 11.6 Å². The van der Waals surface area contributed by atoms with Crippen LogP contribution >= 0.6 is 23.4 Å². The summed E-state index contributed by atoms with van der Waals surface area (Å²) in [6.45, 7) is 5.19. The molecule has 2 atom stereocenters. The maximum Gasteiger partial charge on any atom is 0.262 e. The molecule has 4 heterocycles. The van der Waals surface area contributed by atoms with Crippen molar-refractivity contribution in [2.24, 2.45) is 11.1 Å². The topological polar surface area (TPSA) is 134 Å². The van der Waals surface area contributed by atoms with Gasteiger partial charge in [-0.2, -0.15) is 0 Å². The van der Waals surface area contributed by atoms with Crippen molar-refractivity contribution in [2.45, 2.75) is 48.4 Å². The lowest BCUT2D eigenvalue weighted by molar-refractivity contribution is 0.0974. The van der Waals surface area contributed by atoms with Gasteiger partial charge in [-0.25, -0.2) is 15.0 Å². The number of nitrogens with two attached hydrogens (primary N) is 2. The Labute approximate surface area is 218 Å². The summed E-state index contributed by atoms with van der Waals surface area (Å²) in [6, 6.07) is 3.64. The van der Waals surface area contributed by atoms with Crippen LogP contribution in [-0.2, 0) is 16.0 Å². The molecule has 2 fully saturated rings. The number of anilines is 2. The Hall–Kier alpha value is -2.44. The summed E-state index contributed by atoms with van der Waals surface area (Å²) in [5.74, 6) is 1.05. The number of ether oxygens (including phenoxy) is 2. The summed E-state index contributed by atoms with van der Waals surface area (Å²) in [5, 5.41) is 1.20. The van der Waals surface area contributed by atoms with E-state index >= 15 is 0 Å².